The van der Waals surface area contributed by atoms with Crippen LogP contribution in [0.5, 0.6) is 0 Å². The van der Waals surface area contributed by atoms with E-state index in [1.165, 1.54) is 6.42 Å². The van der Waals surface area contributed by atoms with Crippen LogP contribution in [0, 0.1) is 0 Å². The molecule has 2 aromatic carbocycles. The number of nitrogens with zero attached hydrogens (tertiary/aromatic N) is 4. The van der Waals surface area contributed by atoms with Crippen LogP contribution in [0.15, 0.2) is 60.7 Å². The molecule has 4 rings (SSSR count). The lowest BCUT2D eigenvalue weighted by molar-refractivity contribution is 0.0623. The topological polar surface area (TPSA) is 51.0 Å². The molecule has 0 N–H and O–H groups in total. The maximum absolute atomic E-state index is 13.0. The molecule has 1 amide bonds. The first-order chi connectivity index (χ1) is 13.2. The zero-order valence-electron chi connectivity index (χ0n) is 15.6. The van der Waals surface area contributed by atoms with Crippen LogP contribution in [-0.2, 0) is 6.42 Å². The summed E-state index contributed by atoms with van der Waals surface area (Å²) in [5.41, 5.74) is 2.06. The number of hydrogen-bond donors (Lipinski definition) is 0. The van der Waals surface area contributed by atoms with Crippen molar-refractivity contribution in [2.24, 2.45) is 0 Å². The van der Waals surface area contributed by atoms with Crippen LogP contribution in [0.2, 0.25) is 0 Å². The standard InChI is InChI=1S/C22H24N4O/c1-17-10-8-9-15-25(17)22(27)21-23-20(16-18-11-4-2-5-12-18)26(24-21)19-13-6-3-7-14-19/h2-7,11-14,17H,8-10,15-16H2,1H3. The highest BCUT2D eigenvalue weighted by Gasteiger charge is 2.28. The van der Waals surface area contributed by atoms with E-state index in [-0.39, 0.29) is 11.9 Å². The predicted molar refractivity (Wildman–Crippen MR) is 105 cm³/mol. The lowest BCUT2D eigenvalue weighted by Gasteiger charge is -2.32. The van der Waals surface area contributed by atoms with E-state index >= 15 is 0 Å². The molecular formula is C22H24N4O. The molecule has 5 nitrogen and oxygen atoms in total. The first-order valence-corrected chi connectivity index (χ1v) is 9.58. The molecule has 1 aromatic heterocycles. The third-order valence-corrected chi connectivity index (χ3v) is 5.14. The van der Waals surface area contributed by atoms with Crippen molar-refractivity contribution in [3.05, 3.63) is 77.9 Å². The summed E-state index contributed by atoms with van der Waals surface area (Å²) in [6.45, 7) is 2.89. The summed E-state index contributed by atoms with van der Waals surface area (Å²) >= 11 is 0. The minimum absolute atomic E-state index is 0.0637. The summed E-state index contributed by atoms with van der Waals surface area (Å²) in [5, 5.41) is 4.60. The molecule has 1 fully saturated rings. The van der Waals surface area contributed by atoms with E-state index in [2.05, 4.69) is 29.1 Å². The molecule has 1 saturated heterocycles. The molecule has 1 atom stereocenters. The molecule has 3 aromatic rings. The number of carbonyl (C=O) groups excluding carboxylic acids is 1. The van der Waals surface area contributed by atoms with Gasteiger partial charge in [0, 0.05) is 19.0 Å². The third-order valence-electron chi connectivity index (χ3n) is 5.14. The fourth-order valence-corrected chi connectivity index (χ4v) is 3.63. The molecule has 0 spiro atoms. The smallest absolute Gasteiger partial charge is 0.293 e. The molecule has 1 unspecified atom stereocenters. The molecule has 1 aliphatic heterocycles. The number of para-hydroxylation sites is 1. The molecule has 0 bridgehead atoms. The zero-order chi connectivity index (χ0) is 18.6. The SMILES string of the molecule is CC1CCCCN1C(=O)c1nc(Cc2ccccc2)n(-c2ccccc2)n1. The minimum Gasteiger partial charge on any atom is -0.333 e. The van der Waals surface area contributed by atoms with Gasteiger partial charge in [-0.25, -0.2) is 9.67 Å². The van der Waals surface area contributed by atoms with E-state index in [1.54, 1.807) is 4.68 Å². The van der Waals surface area contributed by atoms with Crippen LogP contribution in [-0.4, -0.2) is 38.2 Å². The Hall–Kier alpha value is -2.95. The van der Waals surface area contributed by atoms with Gasteiger partial charge in [-0.05, 0) is 43.9 Å². The van der Waals surface area contributed by atoms with Crippen LogP contribution in [0.4, 0.5) is 0 Å². The Labute approximate surface area is 159 Å². The van der Waals surface area contributed by atoms with Gasteiger partial charge in [-0.1, -0.05) is 48.5 Å². The van der Waals surface area contributed by atoms with Gasteiger partial charge in [0.2, 0.25) is 5.82 Å². The van der Waals surface area contributed by atoms with Gasteiger partial charge in [0.25, 0.3) is 5.91 Å². The first-order valence-electron chi connectivity index (χ1n) is 9.58. The Kier molecular flexibility index (Phi) is 5.01. The van der Waals surface area contributed by atoms with Crippen LogP contribution in [0.25, 0.3) is 5.69 Å². The number of benzene rings is 2. The van der Waals surface area contributed by atoms with E-state index in [9.17, 15) is 4.79 Å². The number of rotatable bonds is 4. The average Bonchev–Trinajstić information content (AvgIpc) is 3.13. The summed E-state index contributed by atoms with van der Waals surface area (Å²) in [7, 11) is 0. The second-order valence-electron chi connectivity index (χ2n) is 7.10. The minimum atomic E-state index is -0.0637. The van der Waals surface area contributed by atoms with Crippen LogP contribution in [0.3, 0.4) is 0 Å². The summed E-state index contributed by atoms with van der Waals surface area (Å²) in [4.78, 5) is 19.6. The van der Waals surface area contributed by atoms with Crippen molar-refractivity contribution in [2.45, 2.75) is 38.6 Å². The molecule has 2 heterocycles. The molecule has 0 radical (unpaired) electrons. The number of aromatic nitrogens is 3. The van der Waals surface area contributed by atoms with Gasteiger partial charge in [-0.2, -0.15) is 0 Å². The molecule has 5 heteroatoms. The van der Waals surface area contributed by atoms with Gasteiger partial charge in [0.1, 0.15) is 5.82 Å². The normalized spacial score (nSPS) is 17.1. The van der Waals surface area contributed by atoms with E-state index in [0.717, 1.165) is 36.5 Å². The fourth-order valence-electron chi connectivity index (χ4n) is 3.63. The lowest BCUT2D eigenvalue weighted by Crippen LogP contribution is -2.42. The van der Waals surface area contributed by atoms with Crippen LogP contribution < -0.4 is 0 Å². The van der Waals surface area contributed by atoms with Gasteiger partial charge in [-0.15, -0.1) is 5.10 Å². The van der Waals surface area contributed by atoms with Crippen LogP contribution in [0.1, 0.15) is 48.2 Å². The Morgan fingerprint density at radius 2 is 1.74 bits per heavy atom. The van der Waals surface area contributed by atoms with Gasteiger partial charge in [0.05, 0.1) is 5.69 Å². The predicted octanol–water partition coefficient (Wildman–Crippen LogP) is 3.87. The number of piperidine rings is 1. The molecule has 0 aliphatic carbocycles. The Morgan fingerprint density at radius 3 is 2.44 bits per heavy atom. The Bertz CT molecular complexity index is 905. The van der Waals surface area contributed by atoms with E-state index in [1.807, 2.05) is 53.4 Å². The number of amides is 1. The van der Waals surface area contributed by atoms with Crippen molar-refractivity contribution in [3.63, 3.8) is 0 Å². The highest BCUT2D eigenvalue weighted by atomic mass is 16.2. The number of carbonyl (C=O) groups is 1. The van der Waals surface area contributed by atoms with Crippen molar-refractivity contribution < 1.29 is 4.79 Å². The Balaban J connectivity index is 1.70. The van der Waals surface area contributed by atoms with Crippen molar-refractivity contribution in [1.82, 2.24) is 19.7 Å². The highest BCUT2D eigenvalue weighted by molar-refractivity contribution is 5.90. The monoisotopic (exact) mass is 360 g/mol. The molecule has 27 heavy (non-hydrogen) atoms. The van der Waals surface area contributed by atoms with Gasteiger partial charge >= 0.3 is 0 Å². The summed E-state index contributed by atoms with van der Waals surface area (Å²) in [5.74, 6) is 1.00. The molecule has 138 valence electrons. The zero-order valence-corrected chi connectivity index (χ0v) is 15.6. The summed E-state index contributed by atoms with van der Waals surface area (Å²) < 4.78 is 1.80. The molecule has 1 aliphatic rings. The third kappa shape index (κ3) is 3.77. The quantitative estimate of drug-likeness (QED) is 0.710. The maximum atomic E-state index is 13.0. The van der Waals surface area contributed by atoms with Gasteiger partial charge < -0.3 is 4.90 Å². The van der Waals surface area contributed by atoms with Crippen molar-refractivity contribution >= 4 is 5.91 Å². The summed E-state index contributed by atoms with van der Waals surface area (Å²) in [6.07, 6.45) is 3.90. The lowest BCUT2D eigenvalue weighted by atomic mass is 10.0. The molecular weight excluding hydrogens is 336 g/mol. The van der Waals surface area contributed by atoms with Crippen molar-refractivity contribution in [2.75, 3.05) is 6.54 Å². The number of hydrogen-bond acceptors (Lipinski definition) is 3. The second kappa shape index (κ2) is 7.74. The van der Waals surface area contributed by atoms with Gasteiger partial charge in [-0.3, -0.25) is 4.79 Å². The van der Waals surface area contributed by atoms with Crippen LogP contribution >= 0.6 is 0 Å². The van der Waals surface area contributed by atoms with Crippen molar-refractivity contribution in [1.29, 1.82) is 0 Å². The fraction of sp³-hybridized carbons (Fsp3) is 0.318. The summed E-state index contributed by atoms with van der Waals surface area (Å²) in [6, 6.07) is 20.3. The van der Waals surface area contributed by atoms with Gasteiger partial charge in [0.15, 0.2) is 0 Å². The Morgan fingerprint density at radius 1 is 1.04 bits per heavy atom. The van der Waals surface area contributed by atoms with E-state index < -0.39 is 0 Å². The average molecular weight is 360 g/mol. The highest BCUT2D eigenvalue weighted by Crippen LogP contribution is 2.20. The second-order valence-corrected chi connectivity index (χ2v) is 7.10. The maximum Gasteiger partial charge on any atom is 0.293 e. The number of likely N-dealkylation sites (tertiary alicyclic amines) is 1. The largest absolute Gasteiger partial charge is 0.333 e. The van der Waals surface area contributed by atoms with Crippen molar-refractivity contribution in [3.8, 4) is 5.69 Å². The molecule has 0 saturated carbocycles. The van der Waals surface area contributed by atoms with E-state index in [0.29, 0.717) is 12.2 Å². The van der Waals surface area contributed by atoms with E-state index in [4.69, 9.17) is 0 Å². The first kappa shape index (κ1) is 17.5.